The molecule has 0 radical (unpaired) electrons. The molecule has 1 heterocycles. The van der Waals surface area contributed by atoms with Gasteiger partial charge in [0.05, 0.1) is 10.2 Å². The van der Waals surface area contributed by atoms with Crippen LogP contribution in [0.2, 0.25) is 0 Å². The van der Waals surface area contributed by atoms with Crippen molar-refractivity contribution in [1.29, 1.82) is 0 Å². The van der Waals surface area contributed by atoms with Gasteiger partial charge in [0.25, 0.3) is 0 Å². The minimum absolute atomic E-state index is 0.208. The van der Waals surface area contributed by atoms with Gasteiger partial charge in [-0.05, 0) is 47.8 Å². The summed E-state index contributed by atoms with van der Waals surface area (Å²) < 4.78 is 27.7. The molecule has 1 aromatic rings. The van der Waals surface area contributed by atoms with Crippen molar-refractivity contribution in [3.05, 3.63) is 28.2 Å². The average molecular weight is 347 g/mol. The standard InChI is InChI=1S/C15H21BrF2N2/c1-4-19-14-5-6-20(10(3)9(14)2)15-7-11(16)12(17)8-13(15)18/h7-10,14,19H,4-6H2,1-3H3. The number of nitrogens with one attached hydrogen (secondary N) is 1. The predicted octanol–water partition coefficient (Wildman–Crippen LogP) is 3.94. The first-order valence-corrected chi connectivity index (χ1v) is 7.89. The Balaban J connectivity index is 2.24. The highest BCUT2D eigenvalue weighted by atomic mass is 79.9. The van der Waals surface area contributed by atoms with Crippen molar-refractivity contribution in [2.75, 3.05) is 18.0 Å². The molecule has 5 heteroatoms. The molecule has 0 spiro atoms. The first-order valence-electron chi connectivity index (χ1n) is 7.10. The van der Waals surface area contributed by atoms with E-state index in [0.717, 1.165) is 25.6 Å². The Bertz CT molecular complexity index is 481. The molecule has 1 aliphatic heterocycles. The Morgan fingerprint density at radius 1 is 1.30 bits per heavy atom. The number of halogens is 3. The molecule has 1 fully saturated rings. The number of anilines is 1. The summed E-state index contributed by atoms with van der Waals surface area (Å²) in [4.78, 5) is 2.04. The third kappa shape index (κ3) is 2.98. The van der Waals surface area contributed by atoms with Crippen LogP contribution in [0.15, 0.2) is 16.6 Å². The Hall–Kier alpha value is -0.680. The molecule has 1 saturated heterocycles. The zero-order valence-corrected chi connectivity index (χ0v) is 13.7. The molecule has 20 heavy (non-hydrogen) atoms. The van der Waals surface area contributed by atoms with E-state index in [2.05, 4.69) is 42.0 Å². The summed E-state index contributed by atoms with van der Waals surface area (Å²) in [5.74, 6) is -0.645. The van der Waals surface area contributed by atoms with Gasteiger partial charge in [-0.25, -0.2) is 8.78 Å². The van der Waals surface area contributed by atoms with Gasteiger partial charge in [-0.15, -0.1) is 0 Å². The second-order valence-electron chi connectivity index (χ2n) is 5.46. The average Bonchev–Trinajstić information content (AvgIpc) is 2.40. The van der Waals surface area contributed by atoms with Crippen molar-refractivity contribution in [1.82, 2.24) is 5.32 Å². The molecule has 112 valence electrons. The quantitative estimate of drug-likeness (QED) is 0.834. The van der Waals surface area contributed by atoms with Crippen molar-refractivity contribution < 1.29 is 8.78 Å². The molecule has 1 N–H and O–H groups in total. The molecule has 0 bridgehead atoms. The van der Waals surface area contributed by atoms with Crippen LogP contribution in [0.1, 0.15) is 27.2 Å². The maximum absolute atomic E-state index is 14.0. The minimum atomic E-state index is -0.561. The lowest BCUT2D eigenvalue weighted by molar-refractivity contribution is 0.272. The van der Waals surface area contributed by atoms with Crippen molar-refractivity contribution >= 4 is 21.6 Å². The lowest BCUT2D eigenvalue weighted by Gasteiger charge is -2.44. The van der Waals surface area contributed by atoms with E-state index >= 15 is 0 Å². The molecule has 1 aromatic carbocycles. The first-order chi connectivity index (χ1) is 9.45. The Kier molecular flexibility index (Phi) is 5.02. The first kappa shape index (κ1) is 15.7. The van der Waals surface area contributed by atoms with Crippen LogP contribution in [0.3, 0.4) is 0 Å². The smallest absolute Gasteiger partial charge is 0.149 e. The monoisotopic (exact) mass is 346 g/mol. The van der Waals surface area contributed by atoms with Gasteiger partial charge in [-0.1, -0.05) is 13.8 Å². The summed E-state index contributed by atoms with van der Waals surface area (Å²) in [5.41, 5.74) is 0.479. The van der Waals surface area contributed by atoms with E-state index in [-0.39, 0.29) is 6.04 Å². The zero-order chi connectivity index (χ0) is 14.9. The largest absolute Gasteiger partial charge is 0.366 e. The molecule has 0 saturated carbocycles. The van der Waals surface area contributed by atoms with E-state index in [1.165, 1.54) is 0 Å². The van der Waals surface area contributed by atoms with E-state index in [4.69, 9.17) is 0 Å². The number of hydrogen-bond acceptors (Lipinski definition) is 2. The Morgan fingerprint density at radius 3 is 2.65 bits per heavy atom. The summed E-state index contributed by atoms with van der Waals surface area (Å²) in [5, 5.41) is 3.48. The third-order valence-electron chi connectivity index (χ3n) is 4.33. The molecule has 3 unspecified atom stereocenters. The highest BCUT2D eigenvalue weighted by Gasteiger charge is 2.33. The van der Waals surface area contributed by atoms with E-state index in [9.17, 15) is 8.78 Å². The van der Waals surface area contributed by atoms with Crippen molar-refractivity contribution in [3.63, 3.8) is 0 Å². The zero-order valence-electron chi connectivity index (χ0n) is 12.1. The van der Waals surface area contributed by atoms with E-state index < -0.39 is 11.6 Å². The predicted molar refractivity (Wildman–Crippen MR) is 82.1 cm³/mol. The molecule has 3 atom stereocenters. The molecule has 0 aliphatic carbocycles. The van der Waals surface area contributed by atoms with Gasteiger partial charge in [0.1, 0.15) is 11.6 Å². The number of benzene rings is 1. The van der Waals surface area contributed by atoms with E-state index in [1.54, 1.807) is 6.07 Å². The summed E-state index contributed by atoms with van der Waals surface area (Å²) in [6.45, 7) is 8.10. The van der Waals surface area contributed by atoms with Gasteiger partial charge in [0.2, 0.25) is 0 Å². The van der Waals surface area contributed by atoms with Gasteiger partial charge in [-0.3, -0.25) is 0 Å². The fraction of sp³-hybridized carbons (Fsp3) is 0.600. The Labute approximate surface area is 127 Å². The highest BCUT2D eigenvalue weighted by molar-refractivity contribution is 9.10. The number of nitrogens with zero attached hydrogens (tertiary/aromatic N) is 1. The fourth-order valence-corrected chi connectivity index (χ4v) is 3.32. The number of hydrogen-bond donors (Lipinski definition) is 1. The second kappa shape index (κ2) is 6.39. The van der Waals surface area contributed by atoms with Crippen molar-refractivity contribution in [2.24, 2.45) is 5.92 Å². The van der Waals surface area contributed by atoms with Crippen LogP contribution < -0.4 is 10.2 Å². The summed E-state index contributed by atoms with van der Waals surface area (Å²) in [7, 11) is 0. The van der Waals surface area contributed by atoms with Crippen LogP contribution in [0, 0.1) is 17.6 Å². The highest BCUT2D eigenvalue weighted by Crippen LogP contribution is 2.33. The Morgan fingerprint density at radius 2 is 2.00 bits per heavy atom. The van der Waals surface area contributed by atoms with Gasteiger partial charge < -0.3 is 10.2 Å². The summed E-state index contributed by atoms with van der Waals surface area (Å²) in [6.07, 6.45) is 0.966. The maximum Gasteiger partial charge on any atom is 0.149 e. The SMILES string of the molecule is CCNC1CCN(c2cc(Br)c(F)cc2F)C(C)C1C. The lowest BCUT2D eigenvalue weighted by Crippen LogP contribution is -2.53. The van der Waals surface area contributed by atoms with Gasteiger partial charge in [0, 0.05) is 24.7 Å². The van der Waals surface area contributed by atoms with Crippen LogP contribution in [0.25, 0.3) is 0 Å². The normalized spacial score (nSPS) is 26.9. The molecule has 0 amide bonds. The maximum atomic E-state index is 14.0. The second-order valence-corrected chi connectivity index (χ2v) is 6.32. The topological polar surface area (TPSA) is 15.3 Å². The van der Waals surface area contributed by atoms with Crippen LogP contribution in [0.5, 0.6) is 0 Å². The third-order valence-corrected chi connectivity index (χ3v) is 4.94. The van der Waals surface area contributed by atoms with E-state index in [1.807, 2.05) is 4.90 Å². The molecule has 2 rings (SSSR count). The molecular weight excluding hydrogens is 326 g/mol. The van der Waals surface area contributed by atoms with Crippen LogP contribution >= 0.6 is 15.9 Å². The fourth-order valence-electron chi connectivity index (χ4n) is 2.99. The number of piperidine rings is 1. The summed E-state index contributed by atoms with van der Waals surface area (Å²) >= 11 is 3.14. The van der Waals surface area contributed by atoms with Gasteiger partial charge >= 0.3 is 0 Å². The van der Waals surface area contributed by atoms with Crippen molar-refractivity contribution in [3.8, 4) is 0 Å². The minimum Gasteiger partial charge on any atom is -0.366 e. The summed E-state index contributed by atoms with van der Waals surface area (Å²) in [6, 6.07) is 3.16. The van der Waals surface area contributed by atoms with Crippen molar-refractivity contribution in [2.45, 2.75) is 39.3 Å². The van der Waals surface area contributed by atoms with Crippen LogP contribution in [0.4, 0.5) is 14.5 Å². The van der Waals surface area contributed by atoms with E-state index in [0.29, 0.717) is 22.1 Å². The molecule has 0 aromatic heterocycles. The van der Waals surface area contributed by atoms with Gasteiger partial charge in [-0.2, -0.15) is 0 Å². The van der Waals surface area contributed by atoms with Crippen LogP contribution in [-0.2, 0) is 0 Å². The molecular formula is C15H21BrF2N2. The molecule has 2 nitrogen and oxygen atoms in total. The van der Waals surface area contributed by atoms with Crippen LogP contribution in [-0.4, -0.2) is 25.2 Å². The molecule has 1 aliphatic rings. The number of rotatable bonds is 3. The lowest BCUT2D eigenvalue weighted by atomic mass is 9.86. The van der Waals surface area contributed by atoms with Gasteiger partial charge in [0.15, 0.2) is 0 Å².